The average Bonchev–Trinajstić information content (AvgIpc) is 2.17. The topological polar surface area (TPSA) is 46.2 Å². The largest absolute Gasteiger partial charge is 0.313 e. The second kappa shape index (κ2) is 7.63. The number of hydrogen-bond donors (Lipinski definition) is 1. The third-order valence-electron chi connectivity index (χ3n) is 2.45. The number of halogens is 1. The molecule has 0 aromatic rings. The van der Waals surface area contributed by atoms with Crippen molar-refractivity contribution in [2.24, 2.45) is 5.92 Å². The SMILES string of the molecule is CCS(=O)(=O)CCCNC(CBr)C(C)C. The summed E-state index contributed by atoms with van der Waals surface area (Å²) in [7, 11) is -2.80. The van der Waals surface area contributed by atoms with Crippen LogP contribution in [-0.2, 0) is 9.84 Å². The highest BCUT2D eigenvalue weighted by Gasteiger charge is 2.11. The molecule has 0 saturated heterocycles. The smallest absolute Gasteiger partial charge is 0.150 e. The van der Waals surface area contributed by atoms with Gasteiger partial charge in [-0.1, -0.05) is 36.7 Å². The van der Waals surface area contributed by atoms with Gasteiger partial charge in [-0.15, -0.1) is 0 Å². The first-order valence-corrected chi connectivity index (χ1v) is 8.37. The Balaban J connectivity index is 3.71. The lowest BCUT2D eigenvalue weighted by molar-refractivity contribution is 0.435. The lowest BCUT2D eigenvalue weighted by Gasteiger charge is -2.19. The molecule has 0 aliphatic carbocycles. The van der Waals surface area contributed by atoms with Crippen LogP contribution in [0, 0.1) is 5.92 Å². The maximum atomic E-state index is 11.2. The predicted octanol–water partition coefficient (Wildman–Crippen LogP) is 1.82. The van der Waals surface area contributed by atoms with Gasteiger partial charge in [-0.25, -0.2) is 8.42 Å². The molecule has 0 aliphatic rings. The van der Waals surface area contributed by atoms with Gasteiger partial charge >= 0.3 is 0 Å². The number of sulfone groups is 1. The first-order chi connectivity index (χ1) is 6.93. The van der Waals surface area contributed by atoms with E-state index in [1.54, 1.807) is 6.92 Å². The van der Waals surface area contributed by atoms with Crippen LogP contribution in [0.1, 0.15) is 27.2 Å². The summed E-state index contributed by atoms with van der Waals surface area (Å²) in [5.74, 6) is 1.11. The van der Waals surface area contributed by atoms with E-state index in [1.807, 2.05) is 0 Å². The van der Waals surface area contributed by atoms with Gasteiger partial charge in [0, 0.05) is 17.1 Å². The first kappa shape index (κ1) is 15.4. The maximum absolute atomic E-state index is 11.2. The van der Waals surface area contributed by atoms with Crippen molar-refractivity contribution in [2.75, 3.05) is 23.4 Å². The van der Waals surface area contributed by atoms with Crippen LogP contribution in [0.4, 0.5) is 0 Å². The minimum Gasteiger partial charge on any atom is -0.313 e. The van der Waals surface area contributed by atoms with Crippen molar-refractivity contribution >= 4 is 25.8 Å². The molecule has 0 saturated carbocycles. The van der Waals surface area contributed by atoms with Gasteiger partial charge in [0.2, 0.25) is 0 Å². The first-order valence-electron chi connectivity index (χ1n) is 5.42. The van der Waals surface area contributed by atoms with Crippen LogP contribution in [0.2, 0.25) is 0 Å². The Morgan fingerprint density at radius 3 is 2.33 bits per heavy atom. The van der Waals surface area contributed by atoms with Crippen molar-refractivity contribution in [1.29, 1.82) is 0 Å². The van der Waals surface area contributed by atoms with E-state index in [0.717, 1.165) is 11.9 Å². The molecule has 0 rings (SSSR count). The molecule has 92 valence electrons. The molecule has 1 unspecified atom stereocenters. The Morgan fingerprint density at radius 1 is 1.33 bits per heavy atom. The lowest BCUT2D eigenvalue weighted by Crippen LogP contribution is -2.36. The Kier molecular flexibility index (Phi) is 7.83. The minimum absolute atomic E-state index is 0.249. The van der Waals surface area contributed by atoms with Crippen LogP contribution < -0.4 is 5.32 Å². The van der Waals surface area contributed by atoms with E-state index in [-0.39, 0.29) is 5.75 Å². The third kappa shape index (κ3) is 7.30. The van der Waals surface area contributed by atoms with E-state index >= 15 is 0 Å². The molecule has 3 nitrogen and oxygen atoms in total. The minimum atomic E-state index is -2.80. The average molecular weight is 300 g/mol. The van der Waals surface area contributed by atoms with E-state index in [2.05, 4.69) is 35.1 Å². The van der Waals surface area contributed by atoms with Crippen molar-refractivity contribution in [3.05, 3.63) is 0 Å². The van der Waals surface area contributed by atoms with Crippen LogP contribution in [0.3, 0.4) is 0 Å². The molecule has 1 N–H and O–H groups in total. The summed E-state index contributed by atoms with van der Waals surface area (Å²) in [6, 6.07) is 0.425. The molecule has 1 atom stereocenters. The van der Waals surface area contributed by atoms with Crippen LogP contribution in [0.25, 0.3) is 0 Å². The molecule has 0 heterocycles. The number of rotatable bonds is 8. The molecule has 0 fully saturated rings. The normalized spacial score (nSPS) is 14.5. The monoisotopic (exact) mass is 299 g/mol. The van der Waals surface area contributed by atoms with Crippen LogP contribution in [0.15, 0.2) is 0 Å². The van der Waals surface area contributed by atoms with Crippen LogP contribution >= 0.6 is 15.9 Å². The Morgan fingerprint density at radius 2 is 1.93 bits per heavy atom. The quantitative estimate of drug-likeness (QED) is 0.549. The summed E-state index contributed by atoms with van der Waals surface area (Å²) >= 11 is 3.44. The highest BCUT2D eigenvalue weighted by atomic mass is 79.9. The second-order valence-corrected chi connectivity index (χ2v) is 7.17. The van der Waals surface area contributed by atoms with E-state index < -0.39 is 9.84 Å². The van der Waals surface area contributed by atoms with Crippen molar-refractivity contribution in [3.8, 4) is 0 Å². The summed E-state index contributed by atoms with van der Waals surface area (Å²) in [5.41, 5.74) is 0. The fraction of sp³-hybridized carbons (Fsp3) is 1.00. The molecular weight excluding hydrogens is 278 g/mol. The van der Waals surface area contributed by atoms with E-state index in [4.69, 9.17) is 0 Å². The highest BCUT2D eigenvalue weighted by molar-refractivity contribution is 9.09. The van der Waals surface area contributed by atoms with Crippen molar-refractivity contribution in [3.63, 3.8) is 0 Å². The Bertz CT molecular complexity index is 252. The Hall–Kier alpha value is 0.390. The standard InChI is InChI=1S/C10H22BrNO2S/c1-4-15(13,14)7-5-6-12-10(8-11)9(2)3/h9-10,12H,4-8H2,1-3H3. The summed E-state index contributed by atoms with van der Waals surface area (Å²) in [5, 5.41) is 4.26. The summed E-state index contributed by atoms with van der Waals surface area (Å²) < 4.78 is 22.4. The number of hydrogen-bond acceptors (Lipinski definition) is 3. The van der Waals surface area contributed by atoms with Gasteiger partial charge in [0.1, 0.15) is 9.84 Å². The summed E-state index contributed by atoms with van der Waals surface area (Å²) in [6.07, 6.45) is 0.701. The lowest BCUT2D eigenvalue weighted by atomic mass is 10.1. The van der Waals surface area contributed by atoms with Gasteiger partial charge in [0.05, 0.1) is 5.75 Å². The highest BCUT2D eigenvalue weighted by Crippen LogP contribution is 2.04. The molecule has 0 aromatic heterocycles. The third-order valence-corrected chi connectivity index (χ3v) is 4.94. The van der Waals surface area contributed by atoms with Gasteiger partial charge in [-0.05, 0) is 18.9 Å². The zero-order chi connectivity index (χ0) is 11.9. The molecule has 5 heteroatoms. The molecule has 0 aromatic carbocycles. The second-order valence-electron chi connectivity index (χ2n) is 4.05. The number of alkyl halides is 1. The van der Waals surface area contributed by atoms with Crippen LogP contribution in [0.5, 0.6) is 0 Å². The van der Waals surface area contributed by atoms with Gasteiger partial charge in [0.25, 0.3) is 0 Å². The molecule has 0 radical (unpaired) electrons. The Labute approximate surface area is 102 Å². The van der Waals surface area contributed by atoms with E-state index in [9.17, 15) is 8.42 Å². The molecule has 0 amide bonds. The predicted molar refractivity (Wildman–Crippen MR) is 69.4 cm³/mol. The molecule has 0 spiro atoms. The van der Waals surface area contributed by atoms with Gasteiger partial charge < -0.3 is 5.32 Å². The molecule has 0 aliphatic heterocycles. The molecule has 15 heavy (non-hydrogen) atoms. The van der Waals surface area contributed by atoms with Crippen molar-refractivity contribution in [1.82, 2.24) is 5.32 Å². The zero-order valence-corrected chi connectivity index (χ0v) is 12.2. The summed E-state index contributed by atoms with van der Waals surface area (Å²) in [4.78, 5) is 0. The molecule has 0 bridgehead atoms. The molecular formula is C10H22BrNO2S. The fourth-order valence-electron chi connectivity index (χ4n) is 1.19. The van der Waals surface area contributed by atoms with Gasteiger partial charge in [0.15, 0.2) is 0 Å². The van der Waals surface area contributed by atoms with Crippen molar-refractivity contribution < 1.29 is 8.42 Å². The van der Waals surface area contributed by atoms with Gasteiger partial charge in [-0.3, -0.25) is 0 Å². The zero-order valence-electron chi connectivity index (χ0n) is 9.79. The van der Waals surface area contributed by atoms with Crippen LogP contribution in [-0.4, -0.2) is 37.8 Å². The number of nitrogens with one attached hydrogen (secondary N) is 1. The van der Waals surface area contributed by atoms with Gasteiger partial charge in [-0.2, -0.15) is 0 Å². The van der Waals surface area contributed by atoms with Crippen molar-refractivity contribution in [2.45, 2.75) is 33.2 Å². The maximum Gasteiger partial charge on any atom is 0.150 e. The fourth-order valence-corrected chi connectivity index (χ4v) is 3.04. The summed E-state index contributed by atoms with van der Waals surface area (Å²) in [6.45, 7) is 6.77. The van der Waals surface area contributed by atoms with E-state index in [1.165, 1.54) is 0 Å². The van der Waals surface area contributed by atoms with E-state index in [0.29, 0.717) is 24.1 Å².